The maximum absolute atomic E-state index is 3.88. The monoisotopic (exact) mass is 202 g/mol. The van der Waals surface area contributed by atoms with Gasteiger partial charge >= 0.3 is 0 Å². The van der Waals surface area contributed by atoms with Crippen LogP contribution in [0.4, 0.5) is 0 Å². The van der Waals surface area contributed by atoms with Gasteiger partial charge in [0.2, 0.25) is 0 Å². The molecule has 0 heteroatoms. The second-order valence-corrected chi connectivity index (χ2v) is 4.00. The summed E-state index contributed by atoms with van der Waals surface area (Å²) in [6.45, 7) is 8.36. The molecule has 82 valence electrons. The van der Waals surface area contributed by atoms with Gasteiger partial charge < -0.3 is 0 Å². The predicted octanol–water partition coefficient (Wildman–Crippen LogP) is 4.62. The number of benzene rings is 1. The third kappa shape index (κ3) is 3.23. The van der Waals surface area contributed by atoms with Crippen molar-refractivity contribution < 1.29 is 0 Å². The summed E-state index contributed by atoms with van der Waals surface area (Å²) in [5, 5.41) is 0. The topological polar surface area (TPSA) is 0 Å². The molecule has 0 nitrogen and oxygen atoms in total. The highest BCUT2D eigenvalue weighted by Gasteiger charge is 2.03. The smallest absolute Gasteiger partial charge is 0.0228 e. The Balaban J connectivity index is 2.81. The summed E-state index contributed by atoms with van der Waals surface area (Å²) >= 11 is 0. The highest BCUT2D eigenvalue weighted by atomic mass is 14.1. The van der Waals surface area contributed by atoms with Crippen molar-refractivity contribution in [1.29, 1.82) is 0 Å². The molecule has 0 unspecified atom stereocenters. The van der Waals surface area contributed by atoms with Crippen molar-refractivity contribution in [2.75, 3.05) is 0 Å². The Hall–Kier alpha value is -1.04. The molecule has 0 saturated carbocycles. The van der Waals surface area contributed by atoms with Gasteiger partial charge in [0.15, 0.2) is 0 Å². The summed E-state index contributed by atoms with van der Waals surface area (Å²) in [6.07, 6.45) is 8.25. The Kier molecular flexibility index (Phi) is 5.17. The first-order chi connectivity index (χ1) is 7.33. The molecule has 0 saturated heterocycles. The van der Waals surface area contributed by atoms with Gasteiger partial charge in [0.25, 0.3) is 0 Å². The summed E-state index contributed by atoms with van der Waals surface area (Å²) in [6, 6.07) is 6.58. The lowest BCUT2D eigenvalue weighted by molar-refractivity contribution is 0.713. The van der Waals surface area contributed by atoms with E-state index in [2.05, 4.69) is 38.6 Å². The number of hydrogen-bond donors (Lipinski definition) is 0. The summed E-state index contributed by atoms with van der Waals surface area (Å²) in [4.78, 5) is 0. The number of hydrogen-bond acceptors (Lipinski definition) is 0. The van der Waals surface area contributed by atoms with Crippen LogP contribution in [0.25, 0.3) is 6.08 Å². The highest BCUT2D eigenvalue weighted by molar-refractivity contribution is 5.54. The molecule has 0 heterocycles. The average molecular weight is 202 g/mol. The van der Waals surface area contributed by atoms with E-state index in [1.807, 2.05) is 6.08 Å². The first-order valence-corrected chi connectivity index (χ1v) is 6.06. The Morgan fingerprint density at radius 2 is 2.00 bits per heavy atom. The van der Waals surface area contributed by atoms with Gasteiger partial charge in [-0.25, -0.2) is 0 Å². The number of rotatable bonds is 6. The molecule has 0 aliphatic carbocycles. The Morgan fingerprint density at radius 1 is 1.20 bits per heavy atom. The van der Waals surface area contributed by atoms with E-state index in [4.69, 9.17) is 0 Å². The Morgan fingerprint density at radius 3 is 2.60 bits per heavy atom. The van der Waals surface area contributed by atoms with E-state index in [0.29, 0.717) is 0 Å². The van der Waals surface area contributed by atoms with E-state index in [1.54, 1.807) is 0 Å². The van der Waals surface area contributed by atoms with E-state index >= 15 is 0 Å². The van der Waals surface area contributed by atoms with Gasteiger partial charge in [-0.1, -0.05) is 57.5 Å². The number of unbranched alkanes of at least 4 members (excludes halogenated alkanes) is 2. The SMILES string of the molecule is C=Cc1cccc(CCCCC)c1CC. The zero-order chi connectivity index (χ0) is 11.1. The van der Waals surface area contributed by atoms with Crippen LogP contribution in [-0.4, -0.2) is 0 Å². The fourth-order valence-corrected chi connectivity index (χ4v) is 2.08. The van der Waals surface area contributed by atoms with Gasteiger partial charge in [-0.3, -0.25) is 0 Å². The van der Waals surface area contributed by atoms with E-state index < -0.39 is 0 Å². The molecule has 1 aromatic carbocycles. The largest absolute Gasteiger partial charge is 0.0985 e. The predicted molar refractivity (Wildman–Crippen MR) is 69.1 cm³/mol. The molecule has 1 rings (SSSR count). The third-order valence-electron chi connectivity index (χ3n) is 2.93. The first kappa shape index (κ1) is 12.0. The van der Waals surface area contributed by atoms with Crippen LogP contribution in [0.5, 0.6) is 0 Å². The van der Waals surface area contributed by atoms with E-state index in [1.165, 1.54) is 42.4 Å². The minimum Gasteiger partial charge on any atom is -0.0985 e. The van der Waals surface area contributed by atoms with Crippen LogP contribution in [0.15, 0.2) is 24.8 Å². The van der Waals surface area contributed by atoms with Crippen molar-refractivity contribution in [3.05, 3.63) is 41.5 Å². The van der Waals surface area contributed by atoms with Gasteiger partial charge in [0.1, 0.15) is 0 Å². The molecule has 0 radical (unpaired) electrons. The van der Waals surface area contributed by atoms with Crippen LogP contribution in [-0.2, 0) is 12.8 Å². The lowest BCUT2D eigenvalue weighted by Crippen LogP contribution is -1.96. The molecule has 0 N–H and O–H groups in total. The van der Waals surface area contributed by atoms with Crippen molar-refractivity contribution >= 4 is 6.08 Å². The van der Waals surface area contributed by atoms with Crippen molar-refractivity contribution in [1.82, 2.24) is 0 Å². The summed E-state index contributed by atoms with van der Waals surface area (Å²) in [5.41, 5.74) is 4.32. The minimum atomic E-state index is 1.11. The molecule has 0 aliphatic rings. The molecule has 15 heavy (non-hydrogen) atoms. The number of aryl methyl sites for hydroxylation is 1. The molecule has 0 atom stereocenters. The zero-order valence-electron chi connectivity index (χ0n) is 10.1. The standard InChI is InChI=1S/C15H22/c1-4-7-8-10-14-12-9-11-13(5-2)15(14)6-3/h5,9,11-12H,2,4,6-8,10H2,1,3H3. The highest BCUT2D eigenvalue weighted by Crippen LogP contribution is 2.19. The second kappa shape index (κ2) is 6.44. The Labute approximate surface area is 94.0 Å². The van der Waals surface area contributed by atoms with Gasteiger partial charge in [-0.05, 0) is 36.0 Å². The fourth-order valence-electron chi connectivity index (χ4n) is 2.08. The third-order valence-corrected chi connectivity index (χ3v) is 2.93. The van der Waals surface area contributed by atoms with Gasteiger partial charge in [0, 0.05) is 0 Å². The van der Waals surface area contributed by atoms with Crippen LogP contribution in [0.2, 0.25) is 0 Å². The normalized spacial score (nSPS) is 10.3. The molecule has 0 spiro atoms. The van der Waals surface area contributed by atoms with Gasteiger partial charge in [-0.15, -0.1) is 0 Å². The van der Waals surface area contributed by atoms with E-state index in [-0.39, 0.29) is 0 Å². The summed E-state index contributed by atoms with van der Waals surface area (Å²) in [7, 11) is 0. The van der Waals surface area contributed by atoms with Crippen molar-refractivity contribution in [2.45, 2.75) is 46.0 Å². The molecule has 0 aromatic heterocycles. The van der Waals surface area contributed by atoms with Crippen molar-refractivity contribution in [2.24, 2.45) is 0 Å². The molecule has 0 bridgehead atoms. The lowest BCUT2D eigenvalue weighted by Gasteiger charge is -2.10. The van der Waals surface area contributed by atoms with Crippen molar-refractivity contribution in [3.63, 3.8) is 0 Å². The molecule has 0 fully saturated rings. The first-order valence-electron chi connectivity index (χ1n) is 6.06. The maximum atomic E-state index is 3.88. The quantitative estimate of drug-likeness (QED) is 0.590. The van der Waals surface area contributed by atoms with E-state index in [0.717, 1.165) is 6.42 Å². The maximum Gasteiger partial charge on any atom is -0.0228 e. The van der Waals surface area contributed by atoms with Crippen molar-refractivity contribution in [3.8, 4) is 0 Å². The molecule has 0 amide bonds. The van der Waals surface area contributed by atoms with Crippen LogP contribution >= 0.6 is 0 Å². The zero-order valence-corrected chi connectivity index (χ0v) is 10.1. The summed E-state index contributed by atoms with van der Waals surface area (Å²) < 4.78 is 0. The summed E-state index contributed by atoms with van der Waals surface area (Å²) in [5.74, 6) is 0. The van der Waals surface area contributed by atoms with Gasteiger partial charge in [0.05, 0.1) is 0 Å². The average Bonchev–Trinajstić information content (AvgIpc) is 2.29. The second-order valence-electron chi connectivity index (χ2n) is 4.00. The molecule has 0 aliphatic heterocycles. The molecule has 1 aromatic rings. The Bertz CT molecular complexity index is 310. The lowest BCUT2D eigenvalue weighted by atomic mass is 9.95. The van der Waals surface area contributed by atoms with Gasteiger partial charge in [-0.2, -0.15) is 0 Å². The molecular formula is C15H22. The van der Waals surface area contributed by atoms with E-state index in [9.17, 15) is 0 Å². The van der Waals surface area contributed by atoms with Crippen LogP contribution in [0, 0.1) is 0 Å². The van der Waals surface area contributed by atoms with Crippen LogP contribution in [0.3, 0.4) is 0 Å². The minimum absolute atomic E-state index is 1.11. The molecular weight excluding hydrogens is 180 g/mol. The van der Waals surface area contributed by atoms with Crippen LogP contribution in [0.1, 0.15) is 49.8 Å². The van der Waals surface area contributed by atoms with Crippen LogP contribution < -0.4 is 0 Å². The fraction of sp³-hybridized carbons (Fsp3) is 0.467.